The first-order chi connectivity index (χ1) is 9.02. The van der Waals surface area contributed by atoms with E-state index >= 15 is 0 Å². The van der Waals surface area contributed by atoms with Crippen molar-refractivity contribution < 1.29 is 19.1 Å². The number of hydrogen-bond donors (Lipinski definition) is 2. The van der Waals surface area contributed by atoms with Gasteiger partial charge in [-0.05, 0) is 20.8 Å². The molecular weight excluding hydrogens is 250 g/mol. The van der Waals surface area contributed by atoms with Crippen LogP contribution in [0.3, 0.4) is 0 Å². The van der Waals surface area contributed by atoms with Crippen LogP contribution >= 0.6 is 0 Å². The number of morpholine rings is 1. The van der Waals surface area contributed by atoms with Crippen LogP contribution in [0.2, 0.25) is 0 Å². The van der Waals surface area contributed by atoms with Crippen molar-refractivity contribution in [2.75, 3.05) is 32.8 Å². The van der Waals surface area contributed by atoms with Gasteiger partial charge in [0.15, 0.2) is 0 Å². The minimum Gasteiger partial charge on any atom is -0.450 e. The molecule has 3 amide bonds. The van der Waals surface area contributed by atoms with Crippen molar-refractivity contribution in [1.82, 2.24) is 15.5 Å². The second-order valence-electron chi connectivity index (χ2n) is 4.54. The summed E-state index contributed by atoms with van der Waals surface area (Å²) in [6.07, 6.45) is -0.371. The van der Waals surface area contributed by atoms with E-state index in [1.165, 1.54) is 0 Å². The quantitative estimate of drug-likeness (QED) is 0.733. The first-order valence-electron chi connectivity index (χ1n) is 6.61. The number of urea groups is 1. The molecule has 1 fully saturated rings. The highest BCUT2D eigenvalue weighted by molar-refractivity contribution is 5.74. The molecule has 1 aliphatic heterocycles. The van der Waals surface area contributed by atoms with Crippen LogP contribution in [0.15, 0.2) is 0 Å². The van der Waals surface area contributed by atoms with E-state index < -0.39 is 6.09 Å². The average molecular weight is 273 g/mol. The van der Waals surface area contributed by atoms with Crippen molar-refractivity contribution in [2.45, 2.75) is 33.0 Å². The molecule has 0 aromatic heterocycles. The van der Waals surface area contributed by atoms with Gasteiger partial charge in [0, 0.05) is 26.2 Å². The third kappa shape index (κ3) is 5.78. The van der Waals surface area contributed by atoms with Crippen molar-refractivity contribution >= 4 is 12.1 Å². The molecule has 0 saturated carbocycles. The monoisotopic (exact) mass is 273 g/mol. The van der Waals surface area contributed by atoms with E-state index in [1.54, 1.807) is 11.8 Å². The topological polar surface area (TPSA) is 79.9 Å². The number of carbonyl (C=O) groups excluding carboxylic acids is 2. The lowest BCUT2D eigenvalue weighted by Crippen LogP contribution is -2.52. The molecule has 1 rings (SSSR count). The Kier molecular flexibility index (Phi) is 6.41. The molecule has 2 N–H and O–H groups in total. The van der Waals surface area contributed by atoms with E-state index in [1.807, 2.05) is 13.8 Å². The fourth-order valence-corrected chi connectivity index (χ4v) is 1.97. The number of hydrogen-bond acceptors (Lipinski definition) is 4. The van der Waals surface area contributed by atoms with Gasteiger partial charge in [-0.15, -0.1) is 0 Å². The lowest BCUT2D eigenvalue weighted by molar-refractivity contribution is -0.0544. The summed E-state index contributed by atoms with van der Waals surface area (Å²) in [5, 5.41) is 5.29. The van der Waals surface area contributed by atoms with Crippen LogP contribution in [0, 0.1) is 0 Å². The average Bonchev–Trinajstić information content (AvgIpc) is 2.33. The summed E-state index contributed by atoms with van der Waals surface area (Å²) in [6.45, 7) is 7.85. The summed E-state index contributed by atoms with van der Waals surface area (Å²) >= 11 is 0. The number of amides is 3. The standard InChI is InChI=1S/C12H23N3O4/c1-4-18-12(17)14-6-5-13-11(16)15-7-9(2)19-10(3)8-15/h9-10H,4-8H2,1-3H3,(H,13,16)(H,14,17)/t9-,10-/m0/s1. The Morgan fingerprint density at radius 1 is 1.21 bits per heavy atom. The van der Waals surface area contributed by atoms with Crippen LogP contribution < -0.4 is 10.6 Å². The van der Waals surface area contributed by atoms with Crippen LogP contribution in [0.5, 0.6) is 0 Å². The van der Waals surface area contributed by atoms with Crippen LogP contribution in [-0.2, 0) is 9.47 Å². The molecule has 0 aliphatic carbocycles. The molecular formula is C12H23N3O4. The predicted molar refractivity (Wildman–Crippen MR) is 70.0 cm³/mol. The first kappa shape index (κ1) is 15.6. The van der Waals surface area contributed by atoms with Crippen LogP contribution in [-0.4, -0.2) is 62.0 Å². The lowest BCUT2D eigenvalue weighted by atomic mass is 10.2. The third-order valence-corrected chi connectivity index (χ3v) is 2.65. The Bertz CT molecular complexity index is 301. The highest BCUT2D eigenvalue weighted by Crippen LogP contribution is 2.10. The SMILES string of the molecule is CCOC(=O)NCCNC(=O)N1C[C@H](C)O[C@@H](C)C1. The van der Waals surface area contributed by atoms with Crippen molar-refractivity contribution in [3.8, 4) is 0 Å². The van der Waals surface area contributed by atoms with Gasteiger partial charge in [-0.25, -0.2) is 9.59 Å². The fourth-order valence-electron chi connectivity index (χ4n) is 1.97. The zero-order valence-corrected chi connectivity index (χ0v) is 11.8. The molecule has 19 heavy (non-hydrogen) atoms. The molecule has 1 heterocycles. The van der Waals surface area contributed by atoms with Crippen molar-refractivity contribution in [3.05, 3.63) is 0 Å². The minimum atomic E-state index is -0.467. The second-order valence-corrected chi connectivity index (χ2v) is 4.54. The molecule has 0 spiro atoms. The zero-order chi connectivity index (χ0) is 14.3. The van der Waals surface area contributed by atoms with E-state index in [4.69, 9.17) is 9.47 Å². The smallest absolute Gasteiger partial charge is 0.407 e. The maximum absolute atomic E-state index is 11.9. The Morgan fingerprint density at radius 2 is 1.79 bits per heavy atom. The van der Waals surface area contributed by atoms with Crippen molar-refractivity contribution in [2.24, 2.45) is 0 Å². The minimum absolute atomic E-state index is 0.0483. The van der Waals surface area contributed by atoms with E-state index in [0.29, 0.717) is 32.8 Å². The Labute approximate surface area is 113 Å². The van der Waals surface area contributed by atoms with E-state index in [-0.39, 0.29) is 18.2 Å². The van der Waals surface area contributed by atoms with Gasteiger partial charge in [0.05, 0.1) is 18.8 Å². The molecule has 7 heteroatoms. The molecule has 0 aromatic carbocycles. The molecule has 7 nitrogen and oxygen atoms in total. The highest BCUT2D eigenvalue weighted by atomic mass is 16.5. The maximum Gasteiger partial charge on any atom is 0.407 e. The molecule has 0 bridgehead atoms. The van der Waals surface area contributed by atoms with Gasteiger partial charge in [-0.1, -0.05) is 0 Å². The molecule has 2 atom stereocenters. The van der Waals surface area contributed by atoms with Gasteiger partial charge in [0.1, 0.15) is 0 Å². The van der Waals surface area contributed by atoms with Crippen LogP contribution in [0.1, 0.15) is 20.8 Å². The number of nitrogens with zero attached hydrogens (tertiary/aromatic N) is 1. The Hall–Kier alpha value is -1.50. The lowest BCUT2D eigenvalue weighted by Gasteiger charge is -2.35. The maximum atomic E-state index is 11.9. The number of carbonyl (C=O) groups is 2. The third-order valence-electron chi connectivity index (χ3n) is 2.65. The Balaban J connectivity index is 2.18. The summed E-state index contributed by atoms with van der Waals surface area (Å²) in [7, 11) is 0. The van der Waals surface area contributed by atoms with Crippen LogP contribution in [0.4, 0.5) is 9.59 Å². The van der Waals surface area contributed by atoms with Crippen molar-refractivity contribution in [3.63, 3.8) is 0 Å². The van der Waals surface area contributed by atoms with E-state index in [0.717, 1.165) is 0 Å². The van der Waals surface area contributed by atoms with E-state index in [9.17, 15) is 9.59 Å². The number of ether oxygens (including phenoxy) is 2. The molecule has 0 unspecified atom stereocenters. The van der Waals surface area contributed by atoms with Gasteiger partial charge in [0.25, 0.3) is 0 Å². The number of rotatable bonds is 4. The molecule has 110 valence electrons. The van der Waals surface area contributed by atoms with Crippen molar-refractivity contribution in [1.29, 1.82) is 0 Å². The molecule has 1 aliphatic rings. The summed E-state index contributed by atoms with van der Waals surface area (Å²) in [6, 6.07) is -0.132. The molecule has 1 saturated heterocycles. The summed E-state index contributed by atoms with van der Waals surface area (Å²) < 4.78 is 10.3. The van der Waals surface area contributed by atoms with Gasteiger partial charge in [-0.2, -0.15) is 0 Å². The summed E-state index contributed by atoms with van der Waals surface area (Å²) in [4.78, 5) is 24.6. The normalized spacial score (nSPS) is 22.8. The predicted octanol–water partition coefficient (Wildman–Crippen LogP) is 0.551. The molecule has 0 radical (unpaired) electrons. The fraction of sp³-hybridized carbons (Fsp3) is 0.833. The van der Waals surface area contributed by atoms with Gasteiger partial charge < -0.3 is 25.0 Å². The number of nitrogens with one attached hydrogen (secondary N) is 2. The second kappa shape index (κ2) is 7.83. The Morgan fingerprint density at radius 3 is 2.37 bits per heavy atom. The zero-order valence-electron chi connectivity index (χ0n) is 11.8. The van der Waals surface area contributed by atoms with Gasteiger partial charge >= 0.3 is 12.1 Å². The first-order valence-corrected chi connectivity index (χ1v) is 6.61. The summed E-state index contributed by atoms with van der Waals surface area (Å²) in [5.74, 6) is 0. The number of alkyl carbamates (subject to hydrolysis) is 1. The molecule has 0 aromatic rings. The van der Waals surface area contributed by atoms with Gasteiger partial charge in [0.2, 0.25) is 0 Å². The highest BCUT2D eigenvalue weighted by Gasteiger charge is 2.25. The summed E-state index contributed by atoms with van der Waals surface area (Å²) in [5.41, 5.74) is 0. The van der Waals surface area contributed by atoms with Gasteiger partial charge in [-0.3, -0.25) is 0 Å². The van der Waals surface area contributed by atoms with E-state index in [2.05, 4.69) is 10.6 Å². The largest absolute Gasteiger partial charge is 0.450 e. The van der Waals surface area contributed by atoms with Crippen LogP contribution in [0.25, 0.3) is 0 Å².